The second-order valence-corrected chi connectivity index (χ2v) is 5.19. The summed E-state index contributed by atoms with van der Waals surface area (Å²) in [5.74, 6) is 0.0815. The van der Waals surface area contributed by atoms with Crippen molar-refractivity contribution >= 4 is 5.91 Å². The Balaban J connectivity index is 1.51. The van der Waals surface area contributed by atoms with Gasteiger partial charge in [0.25, 0.3) is 0 Å². The van der Waals surface area contributed by atoms with Crippen LogP contribution >= 0.6 is 0 Å². The Morgan fingerprint density at radius 3 is 2.75 bits per heavy atom. The molecule has 1 heterocycles. The molecule has 0 saturated carbocycles. The maximum atomic E-state index is 11.7. The van der Waals surface area contributed by atoms with E-state index in [2.05, 4.69) is 10.6 Å². The van der Waals surface area contributed by atoms with Crippen molar-refractivity contribution in [3.63, 3.8) is 0 Å². The molecular weight excluding hydrogens is 252 g/mol. The van der Waals surface area contributed by atoms with Gasteiger partial charge in [0.15, 0.2) is 0 Å². The van der Waals surface area contributed by atoms with Crippen LogP contribution in [0.3, 0.4) is 0 Å². The highest BCUT2D eigenvalue weighted by Gasteiger charge is 2.12. The van der Waals surface area contributed by atoms with Gasteiger partial charge in [-0.15, -0.1) is 0 Å². The molecule has 0 aromatic heterocycles. The van der Waals surface area contributed by atoms with E-state index >= 15 is 0 Å². The first-order valence-corrected chi connectivity index (χ1v) is 7.47. The molecule has 2 rings (SSSR count). The van der Waals surface area contributed by atoms with E-state index in [9.17, 15) is 4.79 Å². The third-order valence-corrected chi connectivity index (χ3v) is 3.49. The van der Waals surface area contributed by atoms with Gasteiger partial charge in [-0.2, -0.15) is 0 Å². The number of amides is 1. The SMILES string of the molecule is O=C(Cc1ccccc1)NCCCOC1CCNCC1. The minimum Gasteiger partial charge on any atom is -0.378 e. The number of rotatable bonds is 7. The smallest absolute Gasteiger partial charge is 0.224 e. The van der Waals surface area contributed by atoms with Crippen molar-refractivity contribution in [1.82, 2.24) is 10.6 Å². The number of carbonyl (C=O) groups excluding carboxylic acids is 1. The molecular formula is C16H24N2O2. The Bertz CT molecular complexity index is 389. The zero-order valence-electron chi connectivity index (χ0n) is 11.9. The largest absolute Gasteiger partial charge is 0.378 e. The quantitative estimate of drug-likeness (QED) is 0.742. The third kappa shape index (κ3) is 5.72. The fraction of sp³-hybridized carbons (Fsp3) is 0.562. The number of piperidine rings is 1. The molecule has 1 saturated heterocycles. The van der Waals surface area contributed by atoms with Crippen LogP contribution in [0.4, 0.5) is 0 Å². The number of hydrogen-bond acceptors (Lipinski definition) is 3. The number of ether oxygens (including phenoxy) is 1. The molecule has 110 valence electrons. The van der Waals surface area contributed by atoms with Gasteiger partial charge >= 0.3 is 0 Å². The van der Waals surface area contributed by atoms with Crippen LogP contribution < -0.4 is 10.6 Å². The Morgan fingerprint density at radius 1 is 1.25 bits per heavy atom. The van der Waals surface area contributed by atoms with Gasteiger partial charge in [-0.1, -0.05) is 30.3 Å². The van der Waals surface area contributed by atoms with Gasteiger partial charge in [-0.3, -0.25) is 4.79 Å². The highest BCUT2D eigenvalue weighted by Crippen LogP contribution is 2.07. The van der Waals surface area contributed by atoms with Crippen LogP contribution in [0.25, 0.3) is 0 Å². The minimum atomic E-state index is 0.0815. The molecule has 1 aliphatic rings. The van der Waals surface area contributed by atoms with Crippen LogP contribution in [0.15, 0.2) is 30.3 Å². The fourth-order valence-electron chi connectivity index (χ4n) is 2.36. The summed E-state index contributed by atoms with van der Waals surface area (Å²) in [5, 5.41) is 6.25. The van der Waals surface area contributed by atoms with Gasteiger partial charge < -0.3 is 15.4 Å². The van der Waals surface area contributed by atoms with Crippen molar-refractivity contribution in [1.29, 1.82) is 0 Å². The van der Waals surface area contributed by atoms with Gasteiger partial charge in [0.2, 0.25) is 5.91 Å². The average molecular weight is 276 g/mol. The van der Waals surface area contributed by atoms with Crippen LogP contribution in [-0.4, -0.2) is 38.3 Å². The highest BCUT2D eigenvalue weighted by atomic mass is 16.5. The normalized spacial score (nSPS) is 16.0. The van der Waals surface area contributed by atoms with Crippen LogP contribution in [-0.2, 0) is 16.0 Å². The molecule has 1 fully saturated rings. The van der Waals surface area contributed by atoms with E-state index in [-0.39, 0.29) is 5.91 Å². The zero-order chi connectivity index (χ0) is 14.0. The zero-order valence-corrected chi connectivity index (χ0v) is 11.9. The van der Waals surface area contributed by atoms with E-state index in [1.54, 1.807) is 0 Å². The van der Waals surface area contributed by atoms with Gasteiger partial charge in [-0.05, 0) is 37.9 Å². The van der Waals surface area contributed by atoms with Crippen LogP contribution in [0.5, 0.6) is 0 Å². The highest BCUT2D eigenvalue weighted by molar-refractivity contribution is 5.78. The number of benzene rings is 1. The van der Waals surface area contributed by atoms with Crippen molar-refractivity contribution in [3.05, 3.63) is 35.9 Å². The summed E-state index contributed by atoms with van der Waals surface area (Å²) in [6.45, 7) is 3.53. The lowest BCUT2D eigenvalue weighted by Crippen LogP contribution is -2.33. The molecule has 0 aliphatic carbocycles. The summed E-state index contributed by atoms with van der Waals surface area (Å²) in [6.07, 6.45) is 3.93. The molecule has 0 radical (unpaired) electrons. The van der Waals surface area contributed by atoms with Crippen LogP contribution in [0.1, 0.15) is 24.8 Å². The van der Waals surface area contributed by atoms with Gasteiger partial charge in [-0.25, -0.2) is 0 Å². The molecule has 0 atom stereocenters. The second-order valence-electron chi connectivity index (χ2n) is 5.19. The van der Waals surface area contributed by atoms with Crippen LogP contribution in [0.2, 0.25) is 0 Å². The van der Waals surface area contributed by atoms with E-state index < -0.39 is 0 Å². The molecule has 20 heavy (non-hydrogen) atoms. The summed E-state index contributed by atoms with van der Waals surface area (Å²) in [7, 11) is 0. The standard InChI is InChI=1S/C16H24N2O2/c19-16(13-14-5-2-1-3-6-14)18-9-4-12-20-15-7-10-17-11-8-15/h1-3,5-6,15,17H,4,7-13H2,(H,18,19). The second kappa shape index (κ2) is 8.72. The number of nitrogens with one attached hydrogen (secondary N) is 2. The number of carbonyl (C=O) groups is 1. The monoisotopic (exact) mass is 276 g/mol. The Hall–Kier alpha value is -1.39. The van der Waals surface area contributed by atoms with Gasteiger partial charge in [0, 0.05) is 13.2 Å². The van der Waals surface area contributed by atoms with E-state index in [0.29, 0.717) is 19.1 Å². The first kappa shape index (κ1) is 15.0. The Kier molecular flexibility index (Phi) is 6.54. The lowest BCUT2D eigenvalue weighted by atomic mass is 10.1. The molecule has 2 N–H and O–H groups in total. The molecule has 1 aromatic carbocycles. The van der Waals surface area contributed by atoms with E-state index in [1.165, 1.54) is 0 Å². The maximum absolute atomic E-state index is 11.7. The van der Waals surface area contributed by atoms with E-state index in [4.69, 9.17) is 4.74 Å². The minimum absolute atomic E-state index is 0.0815. The summed E-state index contributed by atoms with van der Waals surface area (Å²) in [6, 6.07) is 9.81. The molecule has 0 bridgehead atoms. The summed E-state index contributed by atoms with van der Waals surface area (Å²) >= 11 is 0. The molecule has 0 spiro atoms. The Labute approximate surface area is 120 Å². The average Bonchev–Trinajstić information content (AvgIpc) is 2.49. The van der Waals surface area contributed by atoms with Crippen molar-refractivity contribution in [3.8, 4) is 0 Å². The van der Waals surface area contributed by atoms with E-state index in [0.717, 1.165) is 44.5 Å². The van der Waals surface area contributed by atoms with Gasteiger partial charge in [0.05, 0.1) is 12.5 Å². The molecule has 1 aromatic rings. The number of hydrogen-bond donors (Lipinski definition) is 2. The molecule has 1 amide bonds. The summed E-state index contributed by atoms with van der Waals surface area (Å²) in [4.78, 5) is 11.7. The topological polar surface area (TPSA) is 50.4 Å². The van der Waals surface area contributed by atoms with Gasteiger partial charge in [0.1, 0.15) is 0 Å². The van der Waals surface area contributed by atoms with Crippen molar-refractivity contribution in [2.24, 2.45) is 0 Å². The van der Waals surface area contributed by atoms with E-state index in [1.807, 2.05) is 30.3 Å². The fourth-order valence-corrected chi connectivity index (χ4v) is 2.36. The van der Waals surface area contributed by atoms with Crippen molar-refractivity contribution in [2.75, 3.05) is 26.2 Å². The predicted octanol–water partition coefficient (Wildman–Crippen LogP) is 1.50. The lowest BCUT2D eigenvalue weighted by Gasteiger charge is -2.22. The molecule has 0 unspecified atom stereocenters. The van der Waals surface area contributed by atoms with Crippen molar-refractivity contribution < 1.29 is 9.53 Å². The third-order valence-electron chi connectivity index (χ3n) is 3.49. The lowest BCUT2D eigenvalue weighted by molar-refractivity contribution is -0.120. The molecule has 4 nitrogen and oxygen atoms in total. The predicted molar refractivity (Wildman–Crippen MR) is 79.6 cm³/mol. The van der Waals surface area contributed by atoms with Crippen molar-refractivity contribution in [2.45, 2.75) is 31.8 Å². The van der Waals surface area contributed by atoms with Crippen LogP contribution in [0, 0.1) is 0 Å². The summed E-state index contributed by atoms with van der Waals surface area (Å²) < 4.78 is 5.79. The molecule has 4 heteroatoms. The summed E-state index contributed by atoms with van der Waals surface area (Å²) in [5.41, 5.74) is 1.05. The first-order chi connectivity index (χ1) is 9.84. The Morgan fingerprint density at radius 2 is 2.00 bits per heavy atom. The molecule has 1 aliphatic heterocycles. The first-order valence-electron chi connectivity index (χ1n) is 7.47. The maximum Gasteiger partial charge on any atom is 0.224 e.